The van der Waals surface area contributed by atoms with Crippen molar-refractivity contribution in [1.29, 1.82) is 5.26 Å². The topological polar surface area (TPSA) is 131 Å². The number of piperidine rings is 2. The van der Waals surface area contributed by atoms with Crippen molar-refractivity contribution in [3.8, 4) is 6.07 Å². The first-order valence-electron chi connectivity index (χ1n) is 11.9. The third-order valence-electron chi connectivity index (χ3n) is 8.01. The van der Waals surface area contributed by atoms with Crippen LogP contribution in [-0.4, -0.2) is 66.2 Å². The van der Waals surface area contributed by atoms with Crippen LogP contribution in [0.5, 0.6) is 0 Å². The molecule has 34 heavy (non-hydrogen) atoms. The molecule has 0 bridgehead atoms. The molecule has 0 aromatic heterocycles. The van der Waals surface area contributed by atoms with Crippen molar-refractivity contribution in [1.82, 2.24) is 20.9 Å². The molecule has 4 rings (SSSR count). The van der Waals surface area contributed by atoms with Crippen LogP contribution < -0.4 is 16.0 Å². The first-order valence-corrected chi connectivity index (χ1v) is 11.9. The van der Waals surface area contributed by atoms with Crippen LogP contribution in [0.4, 0.5) is 8.78 Å². The lowest BCUT2D eigenvalue weighted by atomic mass is 9.91. The fourth-order valence-corrected chi connectivity index (χ4v) is 5.76. The lowest BCUT2D eigenvalue weighted by Crippen LogP contribution is -2.58. The van der Waals surface area contributed by atoms with E-state index in [1.54, 1.807) is 0 Å². The quantitative estimate of drug-likeness (QED) is 0.468. The fourth-order valence-electron chi connectivity index (χ4n) is 5.76. The Hall–Kier alpha value is -2.77. The van der Waals surface area contributed by atoms with Gasteiger partial charge in [0.25, 0.3) is 5.91 Å². The van der Waals surface area contributed by atoms with Gasteiger partial charge in [-0.2, -0.15) is 14.0 Å². The van der Waals surface area contributed by atoms with Crippen molar-refractivity contribution in [2.45, 2.75) is 70.5 Å². The van der Waals surface area contributed by atoms with Crippen molar-refractivity contribution < 1.29 is 28.0 Å². The Morgan fingerprint density at radius 3 is 2.53 bits per heavy atom. The monoisotopic (exact) mass is 479 g/mol. The average Bonchev–Trinajstić information content (AvgIpc) is 3.66. The molecule has 6 atom stereocenters. The van der Waals surface area contributed by atoms with E-state index in [-0.39, 0.29) is 41.4 Å². The summed E-state index contributed by atoms with van der Waals surface area (Å²) < 4.78 is 25.7. The van der Waals surface area contributed by atoms with Gasteiger partial charge in [0.1, 0.15) is 18.1 Å². The van der Waals surface area contributed by atoms with E-state index in [1.165, 1.54) is 4.90 Å². The van der Waals surface area contributed by atoms with E-state index < -0.39 is 42.3 Å². The third-order valence-corrected chi connectivity index (χ3v) is 8.01. The molecule has 0 aromatic rings. The standard InChI is InChI=1S/C23H31F2N5O4/c1-23(2)14-10-30(22(34)16(11-5-6-11)29-21(33)18(24)25)17(15(14)23)20(32)28-13(9-26)8-12-4-3-7-27-19(12)31/h11-18H,3-8,10H2,1-2H3,(H,27,31)(H,28,32)(H,29,33)/t12-,13+,14-,15-,16-,17-/m0/s1. The second-order valence-corrected chi connectivity index (χ2v) is 10.6. The number of nitrogens with zero attached hydrogens (tertiary/aromatic N) is 2. The Kier molecular flexibility index (Phi) is 6.53. The minimum absolute atomic E-state index is 0.0718. The van der Waals surface area contributed by atoms with Crippen LogP contribution in [0.1, 0.15) is 46.0 Å². The van der Waals surface area contributed by atoms with Crippen LogP contribution in [0.2, 0.25) is 0 Å². The highest BCUT2D eigenvalue weighted by atomic mass is 19.3. The van der Waals surface area contributed by atoms with Crippen LogP contribution in [0.25, 0.3) is 0 Å². The first kappa shape index (κ1) is 24.4. The Bertz CT molecular complexity index is 916. The Morgan fingerprint density at radius 1 is 1.24 bits per heavy atom. The van der Waals surface area contributed by atoms with Gasteiger partial charge < -0.3 is 20.9 Å². The van der Waals surface area contributed by atoms with Crippen LogP contribution in [0.15, 0.2) is 0 Å². The average molecular weight is 480 g/mol. The van der Waals surface area contributed by atoms with Crippen LogP contribution in [-0.2, 0) is 19.2 Å². The number of nitrogens with one attached hydrogen (secondary N) is 3. The highest BCUT2D eigenvalue weighted by Gasteiger charge is 2.69. The Balaban J connectivity index is 1.47. The van der Waals surface area contributed by atoms with Crippen LogP contribution in [0, 0.1) is 40.4 Å². The van der Waals surface area contributed by atoms with Crippen molar-refractivity contribution >= 4 is 23.6 Å². The van der Waals surface area contributed by atoms with Gasteiger partial charge in [-0.1, -0.05) is 13.8 Å². The van der Waals surface area contributed by atoms with Crippen molar-refractivity contribution in [3.05, 3.63) is 0 Å². The molecule has 11 heteroatoms. The maximum atomic E-state index is 13.4. The predicted octanol–water partition coefficient (Wildman–Crippen LogP) is 0.554. The van der Waals surface area contributed by atoms with Crippen LogP contribution >= 0.6 is 0 Å². The molecule has 4 amide bonds. The fraction of sp³-hybridized carbons (Fsp3) is 0.783. The summed E-state index contributed by atoms with van der Waals surface area (Å²) in [5.41, 5.74) is -0.175. The zero-order chi connectivity index (χ0) is 24.8. The van der Waals surface area contributed by atoms with Gasteiger partial charge in [0.05, 0.1) is 6.07 Å². The molecular formula is C23H31F2N5O4. The number of fused-ring (bicyclic) bond motifs is 1. The first-order chi connectivity index (χ1) is 16.1. The molecule has 2 saturated carbocycles. The molecule has 2 saturated heterocycles. The van der Waals surface area contributed by atoms with Gasteiger partial charge in [-0.15, -0.1) is 0 Å². The molecule has 2 aliphatic carbocycles. The summed E-state index contributed by atoms with van der Waals surface area (Å²) in [5, 5.41) is 17.3. The molecule has 0 unspecified atom stereocenters. The zero-order valence-corrected chi connectivity index (χ0v) is 19.4. The van der Waals surface area contributed by atoms with E-state index in [2.05, 4.69) is 22.0 Å². The largest absolute Gasteiger partial charge is 0.356 e. The summed E-state index contributed by atoms with van der Waals surface area (Å²) in [6, 6.07) is -0.782. The SMILES string of the molecule is CC1(C)[C@@H]2[C@@H](C(=O)N[C@@H](C#N)C[C@@H]3CCCNC3=O)N(C(=O)[C@@H](NC(=O)C(F)F)C3CC3)C[C@@H]21. The zero-order valence-electron chi connectivity index (χ0n) is 19.4. The second-order valence-electron chi connectivity index (χ2n) is 10.6. The summed E-state index contributed by atoms with van der Waals surface area (Å²) >= 11 is 0. The molecule has 186 valence electrons. The van der Waals surface area contributed by atoms with E-state index >= 15 is 0 Å². The van der Waals surface area contributed by atoms with Crippen LogP contribution in [0.3, 0.4) is 0 Å². The van der Waals surface area contributed by atoms with Crippen molar-refractivity contribution in [3.63, 3.8) is 0 Å². The number of amides is 4. The Morgan fingerprint density at radius 2 is 1.94 bits per heavy atom. The molecule has 0 spiro atoms. The highest BCUT2D eigenvalue weighted by Crippen LogP contribution is 2.65. The van der Waals surface area contributed by atoms with Gasteiger partial charge >= 0.3 is 6.43 Å². The summed E-state index contributed by atoms with van der Waals surface area (Å²) in [7, 11) is 0. The third kappa shape index (κ3) is 4.59. The van der Waals surface area contributed by atoms with E-state index in [9.17, 15) is 33.2 Å². The van der Waals surface area contributed by atoms with Gasteiger partial charge in [0.2, 0.25) is 17.7 Å². The number of alkyl halides is 2. The molecule has 3 N–H and O–H groups in total. The normalized spacial score (nSPS) is 31.1. The molecule has 2 heterocycles. The lowest BCUT2D eigenvalue weighted by molar-refractivity contribution is -0.145. The number of carbonyl (C=O) groups is 4. The molecule has 4 aliphatic rings. The van der Waals surface area contributed by atoms with E-state index in [4.69, 9.17) is 0 Å². The van der Waals surface area contributed by atoms with E-state index in [0.717, 1.165) is 6.42 Å². The van der Waals surface area contributed by atoms with Gasteiger partial charge in [0, 0.05) is 19.0 Å². The summed E-state index contributed by atoms with van der Waals surface area (Å²) in [5.74, 6) is -3.28. The number of halogens is 2. The molecule has 2 aliphatic heterocycles. The summed E-state index contributed by atoms with van der Waals surface area (Å²) in [6.07, 6.45) is -0.322. The smallest absolute Gasteiger partial charge is 0.315 e. The summed E-state index contributed by atoms with van der Waals surface area (Å²) in [4.78, 5) is 51.8. The van der Waals surface area contributed by atoms with E-state index in [0.29, 0.717) is 32.4 Å². The number of rotatable bonds is 8. The van der Waals surface area contributed by atoms with Gasteiger partial charge in [-0.05, 0) is 55.3 Å². The predicted molar refractivity (Wildman–Crippen MR) is 115 cm³/mol. The number of nitriles is 1. The lowest BCUT2D eigenvalue weighted by Gasteiger charge is -2.33. The molecule has 0 radical (unpaired) electrons. The minimum atomic E-state index is -3.23. The summed E-state index contributed by atoms with van der Waals surface area (Å²) in [6.45, 7) is 4.91. The molecular weight excluding hydrogens is 448 g/mol. The van der Waals surface area contributed by atoms with Crippen molar-refractivity contribution in [2.75, 3.05) is 13.1 Å². The highest BCUT2D eigenvalue weighted by molar-refractivity contribution is 5.94. The van der Waals surface area contributed by atoms with Gasteiger partial charge in [-0.25, -0.2) is 0 Å². The van der Waals surface area contributed by atoms with E-state index in [1.807, 2.05) is 13.8 Å². The van der Waals surface area contributed by atoms with Crippen molar-refractivity contribution in [2.24, 2.45) is 29.1 Å². The maximum Gasteiger partial charge on any atom is 0.315 e. The Labute approximate surface area is 197 Å². The molecule has 0 aromatic carbocycles. The number of likely N-dealkylation sites (tertiary alicyclic amines) is 1. The maximum absolute atomic E-state index is 13.4. The molecule has 9 nitrogen and oxygen atoms in total. The second kappa shape index (κ2) is 9.12. The number of hydrogen-bond donors (Lipinski definition) is 3. The number of carbonyl (C=O) groups excluding carboxylic acids is 4. The van der Waals surface area contributed by atoms with Gasteiger partial charge in [0.15, 0.2) is 0 Å². The number of hydrogen-bond acceptors (Lipinski definition) is 5. The van der Waals surface area contributed by atoms with Gasteiger partial charge in [-0.3, -0.25) is 19.2 Å². The molecule has 4 fully saturated rings. The minimum Gasteiger partial charge on any atom is -0.356 e.